The van der Waals surface area contributed by atoms with Crippen molar-refractivity contribution in [3.05, 3.63) is 89.5 Å². The molecule has 0 radical (unpaired) electrons. The van der Waals surface area contributed by atoms with Crippen LogP contribution in [0.5, 0.6) is 0 Å². The van der Waals surface area contributed by atoms with E-state index in [1.807, 2.05) is 47.7 Å². The molecule has 20 heteroatoms. The van der Waals surface area contributed by atoms with Crippen molar-refractivity contribution >= 4 is 23.6 Å². The highest BCUT2D eigenvalue weighted by atomic mass is 19.1. The lowest BCUT2D eigenvalue weighted by atomic mass is 9.85. The molecule has 386 valence electrons. The summed E-state index contributed by atoms with van der Waals surface area (Å²) in [5.74, 6) is -1.52. The number of amides is 4. The number of halogens is 1. The van der Waals surface area contributed by atoms with E-state index in [1.165, 1.54) is 17.0 Å². The molecule has 2 saturated carbocycles. The number of β-amino-alcohol motifs (C(OH)–C–C–N with tert-alkyl or cyclic N) is 1. The molecule has 7 fully saturated rings. The molecule has 72 heavy (non-hydrogen) atoms. The number of aliphatic hydroxyl groups excluding tert-OH is 1. The fourth-order valence-corrected chi connectivity index (χ4v) is 11.5. The van der Waals surface area contributed by atoms with Gasteiger partial charge in [-0.25, -0.2) is 13.8 Å². The number of nitrogens with one attached hydrogen (secondary N) is 2. The van der Waals surface area contributed by atoms with E-state index in [2.05, 4.69) is 46.0 Å². The van der Waals surface area contributed by atoms with Crippen LogP contribution < -0.4 is 10.6 Å². The molecular formula is C52H70FN13O6. The van der Waals surface area contributed by atoms with Gasteiger partial charge in [0, 0.05) is 88.6 Å². The molecule has 2 bridgehead atoms. The van der Waals surface area contributed by atoms with Gasteiger partial charge in [0.2, 0.25) is 23.6 Å². The molecule has 5 aliphatic heterocycles. The number of hydrogen-bond donors (Lipinski definition) is 3. The molecule has 3 N–H and O–H groups in total. The minimum absolute atomic E-state index is 0.0134. The van der Waals surface area contributed by atoms with E-state index in [-0.39, 0.29) is 49.4 Å². The zero-order chi connectivity index (χ0) is 50.6. The van der Waals surface area contributed by atoms with Crippen LogP contribution in [0, 0.1) is 16.6 Å². The highest BCUT2D eigenvalue weighted by Crippen LogP contribution is 2.46. The van der Waals surface area contributed by atoms with Gasteiger partial charge in [-0.05, 0) is 79.4 Å². The molecule has 7 aliphatic rings. The van der Waals surface area contributed by atoms with Gasteiger partial charge in [0.25, 0.3) is 0 Å². The molecule has 0 spiro atoms. The molecule has 4 amide bonds. The average Bonchev–Trinajstić information content (AvgIpc) is 4.14. The van der Waals surface area contributed by atoms with Crippen molar-refractivity contribution in [2.75, 3.05) is 52.4 Å². The van der Waals surface area contributed by atoms with E-state index < -0.39 is 70.9 Å². The number of rotatable bonds is 15. The number of carbonyl (C=O) groups is 4. The van der Waals surface area contributed by atoms with Crippen LogP contribution in [-0.2, 0) is 23.9 Å². The Kier molecular flexibility index (Phi) is 13.8. The van der Waals surface area contributed by atoms with Crippen LogP contribution >= 0.6 is 0 Å². The standard InChI is InChI=1S/C52H70FN13O6/c1-51(2,3)45(49(70)63-27-35(67)22-41(63)48(69)56-44(38-13-7-8-16-54-38)32-11-9-12-33(53)21-32)66-30-40(58-60-66)37-24-43(37)72-36-23-42(47(68)55-25-34-26-61-17-10-18-62(34)20-19-61)64(28-36)50(71)46(52(4,5)6)65-29-39(57-59-65)31-14-15-31/h7-9,11-13,16,21,29-31,34-37,41-46,67H,10,14-15,17-20,22-28H2,1-6H3,(H,55,68)(H,56,69)/t34?,35-,36-,37?,41+,42+,43?,44?,45-,46-/m1/s1. The van der Waals surface area contributed by atoms with Crippen molar-refractivity contribution in [2.24, 2.45) is 10.8 Å². The lowest BCUT2D eigenvalue weighted by Crippen LogP contribution is -2.56. The minimum Gasteiger partial charge on any atom is -0.391 e. The van der Waals surface area contributed by atoms with E-state index in [0.29, 0.717) is 42.3 Å². The first-order valence-electron chi connectivity index (χ1n) is 25.9. The smallest absolute Gasteiger partial charge is 0.248 e. The quantitative estimate of drug-likeness (QED) is 0.156. The molecule has 1 aromatic carbocycles. The predicted molar refractivity (Wildman–Crippen MR) is 261 cm³/mol. The number of piperazine rings is 1. The number of ether oxygens (including phenoxy) is 1. The first-order valence-corrected chi connectivity index (χ1v) is 25.9. The molecule has 3 aromatic heterocycles. The monoisotopic (exact) mass is 992 g/mol. The number of hydrogen-bond acceptors (Lipinski definition) is 13. The Hall–Kier alpha value is -5.70. The maximum atomic E-state index is 14.9. The van der Waals surface area contributed by atoms with Crippen molar-refractivity contribution < 1.29 is 33.4 Å². The molecule has 12 atom stereocenters. The summed E-state index contributed by atoms with van der Waals surface area (Å²) in [6, 6.07) is 7.23. The Morgan fingerprint density at radius 1 is 0.792 bits per heavy atom. The van der Waals surface area contributed by atoms with Crippen LogP contribution in [0.1, 0.15) is 133 Å². The number of aromatic nitrogens is 7. The van der Waals surface area contributed by atoms with Crippen LogP contribution in [0.25, 0.3) is 0 Å². The lowest BCUT2D eigenvalue weighted by Gasteiger charge is -2.38. The number of nitrogens with zero attached hydrogens (tertiary/aromatic N) is 11. The van der Waals surface area contributed by atoms with Crippen molar-refractivity contribution in [3.63, 3.8) is 0 Å². The topological polar surface area (TPSA) is 209 Å². The van der Waals surface area contributed by atoms with Crippen molar-refractivity contribution in [1.29, 1.82) is 0 Å². The highest BCUT2D eigenvalue weighted by Gasteiger charge is 2.51. The highest BCUT2D eigenvalue weighted by molar-refractivity contribution is 5.91. The Balaban J connectivity index is 0.832. The Morgan fingerprint density at radius 2 is 1.49 bits per heavy atom. The molecular weight excluding hydrogens is 922 g/mol. The lowest BCUT2D eigenvalue weighted by molar-refractivity contribution is -0.144. The average molecular weight is 992 g/mol. The molecule has 11 rings (SSSR count). The van der Waals surface area contributed by atoms with Gasteiger partial charge in [0.05, 0.1) is 41.4 Å². The van der Waals surface area contributed by atoms with Crippen LogP contribution in [-0.4, -0.2) is 172 Å². The summed E-state index contributed by atoms with van der Waals surface area (Å²) in [6.45, 7) is 17.5. The van der Waals surface area contributed by atoms with E-state index in [4.69, 9.17) is 4.74 Å². The van der Waals surface area contributed by atoms with E-state index in [1.54, 1.807) is 57.0 Å². The van der Waals surface area contributed by atoms with Gasteiger partial charge < -0.3 is 35.2 Å². The molecule has 2 aliphatic carbocycles. The van der Waals surface area contributed by atoms with Crippen LogP contribution in [0.3, 0.4) is 0 Å². The molecule has 6 unspecified atom stereocenters. The third-order valence-electron chi connectivity index (χ3n) is 15.5. The van der Waals surface area contributed by atoms with Gasteiger partial charge in [-0.15, -0.1) is 10.2 Å². The molecule has 5 saturated heterocycles. The predicted octanol–water partition coefficient (Wildman–Crippen LogP) is 3.37. The minimum atomic E-state index is -1.03. The van der Waals surface area contributed by atoms with Gasteiger partial charge >= 0.3 is 0 Å². The second-order valence-corrected chi connectivity index (χ2v) is 23.2. The fourth-order valence-electron chi connectivity index (χ4n) is 11.5. The third-order valence-corrected chi connectivity index (χ3v) is 15.5. The summed E-state index contributed by atoms with van der Waals surface area (Å²) in [4.78, 5) is 70.8. The van der Waals surface area contributed by atoms with Crippen LogP contribution in [0.2, 0.25) is 0 Å². The Bertz CT molecular complexity index is 2610. The Morgan fingerprint density at radius 3 is 2.17 bits per heavy atom. The summed E-state index contributed by atoms with van der Waals surface area (Å²) in [7, 11) is 0. The number of pyridine rings is 1. The second kappa shape index (κ2) is 20.0. The van der Waals surface area contributed by atoms with Gasteiger partial charge in [0.1, 0.15) is 30.0 Å². The summed E-state index contributed by atoms with van der Waals surface area (Å²) in [5, 5.41) is 35.2. The zero-order valence-electron chi connectivity index (χ0n) is 42.3. The summed E-state index contributed by atoms with van der Waals surface area (Å²) in [5.41, 5.74) is 1.26. The van der Waals surface area contributed by atoms with E-state index in [0.717, 1.165) is 57.7 Å². The van der Waals surface area contributed by atoms with Gasteiger partial charge in [-0.3, -0.25) is 29.1 Å². The number of aliphatic hydroxyl groups is 1. The van der Waals surface area contributed by atoms with Crippen molar-refractivity contribution in [2.45, 2.75) is 146 Å². The largest absolute Gasteiger partial charge is 0.391 e. The first-order chi connectivity index (χ1) is 34.4. The van der Waals surface area contributed by atoms with Gasteiger partial charge in [0.15, 0.2) is 0 Å². The number of fused-ring (bicyclic) bond motifs is 4. The second-order valence-electron chi connectivity index (χ2n) is 23.2. The third kappa shape index (κ3) is 10.7. The number of carbonyl (C=O) groups excluding carboxylic acids is 4. The summed E-state index contributed by atoms with van der Waals surface area (Å²) in [6.07, 6.45) is 7.83. The molecule has 4 aromatic rings. The number of likely N-dealkylation sites (tertiary alicyclic amines) is 2. The van der Waals surface area contributed by atoms with Crippen LogP contribution in [0.4, 0.5) is 4.39 Å². The normalized spacial score (nSPS) is 28.6. The summed E-state index contributed by atoms with van der Waals surface area (Å²) >= 11 is 0. The zero-order valence-corrected chi connectivity index (χ0v) is 42.3. The van der Waals surface area contributed by atoms with Gasteiger partial charge in [-0.1, -0.05) is 70.2 Å². The van der Waals surface area contributed by atoms with Gasteiger partial charge in [-0.2, -0.15) is 0 Å². The van der Waals surface area contributed by atoms with E-state index >= 15 is 0 Å². The van der Waals surface area contributed by atoms with E-state index in [9.17, 15) is 28.7 Å². The fraction of sp³-hybridized carbons (Fsp3) is 0.635. The van der Waals surface area contributed by atoms with Crippen molar-refractivity contribution in [1.82, 2.24) is 65.2 Å². The SMILES string of the molecule is CC(C)(C)[C@@H](C(=O)N1C[C@H](OC2CC2c2cn([C@H](C(=O)N3C[C@H](O)C[C@H]3C(=O)NC(c3cccc(F)c3)c3ccccn3)C(C)(C)C)nn2)C[C@H]1C(=O)NCC1CN2CCCN1CC2)n1cc(C2CC2)nn1. The first kappa shape index (κ1) is 49.9. The number of benzene rings is 1. The molecule has 8 heterocycles. The van der Waals surface area contributed by atoms with Crippen LogP contribution in [0.15, 0.2) is 61.1 Å². The van der Waals surface area contributed by atoms with Crippen molar-refractivity contribution in [3.8, 4) is 0 Å². The maximum absolute atomic E-state index is 14.9. The molecule has 19 nitrogen and oxygen atoms in total. The summed E-state index contributed by atoms with van der Waals surface area (Å²) < 4.78 is 24.5. The Labute approximate surface area is 420 Å². The maximum Gasteiger partial charge on any atom is 0.248 e.